The first-order chi connectivity index (χ1) is 12.5. The van der Waals surface area contributed by atoms with Crippen LogP contribution in [0.2, 0.25) is 0 Å². The molecule has 0 unspecified atom stereocenters. The van der Waals surface area contributed by atoms with Crippen LogP contribution in [0.4, 0.5) is 4.79 Å². The van der Waals surface area contributed by atoms with Crippen LogP contribution in [-0.4, -0.2) is 77.4 Å². The molecule has 5 N–H and O–H groups in total. The van der Waals surface area contributed by atoms with Gasteiger partial charge < -0.3 is 16.8 Å². The average Bonchev–Trinajstić information content (AvgIpc) is 2.54. The number of carbonyl (C=O) groups excluding carboxylic acids is 3. The van der Waals surface area contributed by atoms with Gasteiger partial charge in [-0.15, -0.1) is 0 Å². The van der Waals surface area contributed by atoms with Crippen molar-refractivity contribution < 1.29 is 14.4 Å². The number of rotatable bonds is 5. The third-order valence-electron chi connectivity index (χ3n) is 5.49. The predicted molar refractivity (Wildman–Crippen MR) is 95.5 cm³/mol. The molecule has 3 aliphatic heterocycles. The smallest absolute Gasteiger partial charge is 0.334 e. The van der Waals surface area contributed by atoms with Crippen LogP contribution in [0.3, 0.4) is 0 Å². The fourth-order valence-electron chi connectivity index (χ4n) is 3.77. The summed E-state index contributed by atoms with van der Waals surface area (Å²) in [5.41, 5.74) is 10.9. The number of nitrogens with one attached hydrogen (secondary N) is 1. The molecule has 0 aromatic rings. The second-order valence-electron chi connectivity index (χ2n) is 7.18. The Morgan fingerprint density at radius 2 is 1.73 bits per heavy atom. The maximum atomic E-state index is 12.9. The van der Waals surface area contributed by atoms with Crippen LogP contribution in [-0.2, 0) is 9.59 Å². The number of imide groups is 2. The van der Waals surface area contributed by atoms with Gasteiger partial charge in [0.25, 0.3) is 11.8 Å². The molecule has 3 fully saturated rings. The van der Waals surface area contributed by atoms with Gasteiger partial charge in [0, 0.05) is 44.8 Å². The van der Waals surface area contributed by atoms with Crippen molar-refractivity contribution in [3.63, 3.8) is 0 Å². The van der Waals surface area contributed by atoms with Crippen LogP contribution in [0, 0.1) is 0 Å². The highest BCUT2D eigenvalue weighted by Crippen LogP contribution is 2.26. The number of nitrogens with zero attached hydrogens (tertiary/aromatic N) is 3. The van der Waals surface area contributed by atoms with Gasteiger partial charge >= 0.3 is 6.03 Å². The van der Waals surface area contributed by atoms with E-state index in [4.69, 9.17) is 11.5 Å². The zero-order valence-corrected chi connectivity index (χ0v) is 15.2. The molecule has 0 aromatic carbocycles. The number of carbonyl (C=O) groups is 3. The standard InChI is InChI=1S/C17H28N6O3/c1-2-3-6-22-15(24)13(14(18)19)16(25)23(17(22)26)11-4-7-21(8-5-11)12-9-20-10-12/h11-12,20H,2-10,18-19H2,1H3. The quantitative estimate of drug-likeness (QED) is 0.428. The molecule has 0 aliphatic carbocycles. The van der Waals surface area contributed by atoms with E-state index in [1.165, 1.54) is 4.90 Å². The molecular weight excluding hydrogens is 336 g/mol. The summed E-state index contributed by atoms with van der Waals surface area (Å²) >= 11 is 0. The summed E-state index contributed by atoms with van der Waals surface area (Å²) in [4.78, 5) is 42.9. The van der Waals surface area contributed by atoms with Gasteiger partial charge in [-0.05, 0) is 19.3 Å². The van der Waals surface area contributed by atoms with Crippen LogP contribution in [0.5, 0.6) is 0 Å². The molecule has 4 amide bonds. The van der Waals surface area contributed by atoms with E-state index in [1.807, 2.05) is 6.92 Å². The van der Waals surface area contributed by atoms with Gasteiger partial charge in [0.05, 0.1) is 0 Å². The van der Waals surface area contributed by atoms with E-state index < -0.39 is 17.8 Å². The van der Waals surface area contributed by atoms with Crippen LogP contribution in [0.25, 0.3) is 0 Å². The summed E-state index contributed by atoms with van der Waals surface area (Å²) < 4.78 is 0. The molecule has 144 valence electrons. The van der Waals surface area contributed by atoms with E-state index in [0.29, 0.717) is 25.3 Å². The van der Waals surface area contributed by atoms with Crippen LogP contribution >= 0.6 is 0 Å². The molecule has 0 atom stereocenters. The van der Waals surface area contributed by atoms with Crippen molar-refractivity contribution in [1.29, 1.82) is 0 Å². The molecule has 0 bridgehead atoms. The minimum Gasteiger partial charge on any atom is -0.385 e. The van der Waals surface area contributed by atoms with Gasteiger partial charge in [0.2, 0.25) is 0 Å². The zero-order chi connectivity index (χ0) is 18.8. The first-order valence-corrected chi connectivity index (χ1v) is 9.35. The lowest BCUT2D eigenvalue weighted by molar-refractivity contribution is -0.138. The highest BCUT2D eigenvalue weighted by atomic mass is 16.2. The largest absolute Gasteiger partial charge is 0.385 e. The normalized spacial score (nSPS) is 23.6. The fourth-order valence-corrected chi connectivity index (χ4v) is 3.77. The summed E-state index contributed by atoms with van der Waals surface area (Å²) in [6, 6.07) is -0.227. The molecule has 0 aromatic heterocycles. The van der Waals surface area contributed by atoms with E-state index in [9.17, 15) is 14.4 Å². The van der Waals surface area contributed by atoms with Crippen LogP contribution in [0.1, 0.15) is 32.6 Å². The van der Waals surface area contributed by atoms with E-state index >= 15 is 0 Å². The lowest BCUT2D eigenvalue weighted by atomic mass is 9.98. The first kappa shape index (κ1) is 18.7. The third kappa shape index (κ3) is 3.28. The van der Waals surface area contributed by atoms with E-state index in [-0.39, 0.29) is 24.0 Å². The average molecular weight is 364 g/mol. The van der Waals surface area contributed by atoms with Crippen molar-refractivity contribution in [2.45, 2.75) is 44.7 Å². The number of urea groups is 1. The predicted octanol–water partition coefficient (Wildman–Crippen LogP) is -0.857. The fraction of sp³-hybridized carbons (Fsp3) is 0.706. The minimum absolute atomic E-state index is 0.231. The molecular formula is C17H28N6O3. The van der Waals surface area contributed by atoms with E-state index in [2.05, 4.69) is 10.2 Å². The van der Waals surface area contributed by atoms with Crippen molar-refractivity contribution in [1.82, 2.24) is 20.0 Å². The van der Waals surface area contributed by atoms with Crippen molar-refractivity contribution in [3.05, 3.63) is 11.4 Å². The maximum Gasteiger partial charge on any atom is 0.334 e. The van der Waals surface area contributed by atoms with Crippen molar-refractivity contribution >= 4 is 17.8 Å². The molecule has 0 spiro atoms. The Balaban J connectivity index is 1.78. The minimum atomic E-state index is -0.678. The maximum absolute atomic E-state index is 12.9. The second kappa shape index (κ2) is 7.63. The Hall–Kier alpha value is -2.13. The van der Waals surface area contributed by atoms with Crippen LogP contribution in [0.15, 0.2) is 11.4 Å². The molecule has 3 heterocycles. The number of unbranched alkanes of at least 4 members (excludes halogenated alkanes) is 1. The highest BCUT2D eigenvalue weighted by Gasteiger charge is 2.46. The molecule has 0 saturated carbocycles. The lowest BCUT2D eigenvalue weighted by Gasteiger charge is -2.45. The SMILES string of the molecule is CCCCN1C(=O)C(=C(N)N)C(=O)N(C2CCN(C3CNC3)CC2)C1=O. The van der Waals surface area contributed by atoms with Gasteiger partial charge in [-0.25, -0.2) is 4.79 Å². The molecule has 26 heavy (non-hydrogen) atoms. The van der Waals surface area contributed by atoms with Gasteiger partial charge in [0.1, 0.15) is 11.4 Å². The molecule has 3 saturated heterocycles. The summed E-state index contributed by atoms with van der Waals surface area (Å²) in [6.07, 6.45) is 2.89. The molecule has 0 radical (unpaired) electrons. The number of amides is 4. The topological polar surface area (TPSA) is 125 Å². The first-order valence-electron chi connectivity index (χ1n) is 9.35. The van der Waals surface area contributed by atoms with Gasteiger partial charge in [-0.2, -0.15) is 0 Å². The number of likely N-dealkylation sites (tertiary alicyclic amines) is 1. The molecule has 9 heteroatoms. The Kier molecular flexibility index (Phi) is 5.47. The van der Waals surface area contributed by atoms with Crippen molar-refractivity contribution in [2.75, 3.05) is 32.7 Å². The summed E-state index contributed by atoms with van der Waals surface area (Å²) in [5, 5.41) is 3.26. The number of hydrogen-bond acceptors (Lipinski definition) is 7. The Labute approximate surface area is 153 Å². The van der Waals surface area contributed by atoms with Crippen molar-refractivity contribution in [3.8, 4) is 0 Å². The number of hydrogen-bond donors (Lipinski definition) is 3. The Bertz CT molecular complexity index is 618. The molecule has 3 aliphatic rings. The Morgan fingerprint density at radius 3 is 2.23 bits per heavy atom. The third-order valence-corrected chi connectivity index (χ3v) is 5.49. The number of piperidine rings is 1. The molecule has 9 nitrogen and oxygen atoms in total. The summed E-state index contributed by atoms with van der Waals surface area (Å²) in [7, 11) is 0. The number of barbiturate groups is 1. The monoisotopic (exact) mass is 364 g/mol. The summed E-state index contributed by atoms with van der Waals surface area (Å²) in [6.45, 7) is 5.87. The highest BCUT2D eigenvalue weighted by molar-refractivity contribution is 6.29. The van der Waals surface area contributed by atoms with Gasteiger partial charge in [0.15, 0.2) is 0 Å². The summed E-state index contributed by atoms with van der Waals surface area (Å²) in [5.74, 6) is -1.66. The lowest BCUT2D eigenvalue weighted by Crippen LogP contribution is -2.64. The Morgan fingerprint density at radius 1 is 1.08 bits per heavy atom. The van der Waals surface area contributed by atoms with E-state index in [1.54, 1.807) is 0 Å². The van der Waals surface area contributed by atoms with Crippen molar-refractivity contribution in [2.24, 2.45) is 11.5 Å². The van der Waals surface area contributed by atoms with Crippen LogP contribution < -0.4 is 16.8 Å². The van der Waals surface area contributed by atoms with Gasteiger partial charge in [-0.1, -0.05) is 13.3 Å². The zero-order valence-electron chi connectivity index (χ0n) is 15.2. The van der Waals surface area contributed by atoms with Gasteiger partial charge in [-0.3, -0.25) is 24.3 Å². The second-order valence-corrected chi connectivity index (χ2v) is 7.18. The van der Waals surface area contributed by atoms with E-state index in [0.717, 1.165) is 37.5 Å². The molecule has 3 rings (SSSR count). The number of nitrogens with two attached hydrogens (primary N) is 2.